The van der Waals surface area contributed by atoms with Gasteiger partial charge in [-0.3, -0.25) is 0 Å². The van der Waals surface area contributed by atoms with Gasteiger partial charge in [0.2, 0.25) is 0 Å². The molecule has 19 heavy (non-hydrogen) atoms. The Bertz CT molecular complexity index is 659. The number of aryl methyl sites for hydroxylation is 2. The van der Waals surface area contributed by atoms with Gasteiger partial charge >= 0.3 is 0 Å². The van der Waals surface area contributed by atoms with Crippen LogP contribution in [-0.4, -0.2) is 12.0 Å². The summed E-state index contributed by atoms with van der Waals surface area (Å²) in [6, 6.07) is 10.2. The van der Waals surface area contributed by atoms with E-state index in [0.717, 1.165) is 11.3 Å². The third-order valence-corrected chi connectivity index (χ3v) is 2.95. The number of halogens is 1. The third-order valence-electron chi connectivity index (χ3n) is 2.95. The molecule has 0 bridgehead atoms. The molecule has 3 nitrogen and oxygen atoms in total. The van der Waals surface area contributed by atoms with Crippen LogP contribution in [-0.2, 0) is 0 Å². The number of pyridine rings is 1. The van der Waals surface area contributed by atoms with Crippen molar-refractivity contribution in [2.24, 2.45) is 0 Å². The first-order chi connectivity index (χ1) is 9.02. The molecule has 1 aromatic heterocycles. The van der Waals surface area contributed by atoms with Crippen LogP contribution in [0.1, 0.15) is 16.8 Å². The highest BCUT2D eigenvalue weighted by Crippen LogP contribution is 2.27. The molecule has 0 amide bonds. The summed E-state index contributed by atoms with van der Waals surface area (Å²) in [6.07, 6.45) is 0. The number of hydrogen-bond donors (Lipinski definition) is 0. The first kappa shape index (κ1) is 13.0. The quantitative estimate of drug-likeness (QED) is 0.824. The fourth-order valence-electron chi connectivity index (χ4n) is 2.00. The Kier molecular flexibility index (Phi) is 3.48. The first-order valence-corrected chi connectivity index (χ1v) is 5.90. The van der Waals surface area contributed by atoms with Crippen LogP contribution < -0.4 is 4.90 Å². The van der Waals surface area contributed by atoms with Crippen molar-refractivity contribution in [1.82, 2.24) is 4.98 Å². The van der Waals surface area contributed by atoms with Crippen molar-refractivity contribution < 1.29 is 4.39 Å². The maximum absolute atomic E-state index is 13.3. The molecular formula is C15H14FN3. The minimum Gasteiger partial charge on any atom is -0.328 e. The summed E-state index contributed by atoms with van der Waals surface area (Å²) >= 11 is 0. The molecule has 0 saturated heterocycles. The lowest BCUT2D eigenvalue weighted by Gasteiger charge is -2.20. The Morgan fingerprint density at radius 2 is 2.00 bits per heavy atom. The van der Waals surface area contributed by atoms with Crippen LogP contribution in [0.5, 0.6) is 0 Å². The largest absolute Gasteiger partial charge is 0.328 e. The Balaban J connectivity index is 2.56. The maximum atomic E-state index is 13.3. The van der Waals surface area contributed by atoms with Crippen molar-refractivity contribution >= 4 is 11.5 Å². The summed E-state index contributed by atoms with van der Waals surface area (Å²) < 4.78 is 13.3. The highest BCUT2D eigenvalue weighted by Gasteiger charge is 2.14. The van der Waals surface area contributed by atoms with Crippen LogP contribution in [0, 0.1) is 31.0 Å². The van der Waals surface area contributed by atoms with E-state index in [0.29, 0.717) is 17.1 Å². The number of nitrogens with zero attached hydrogens (tertiary/aromatic N) is 3. The lowest BCUT2D eigenvalue weighted by atomic mass is 10.1. The second kappa shape index (κ2) is 5.07. The van der Waals surface area contributed by atoms with Crippen LogP contribution in [0.15, 0.2) is 30.3 Å². The lowest BCUT2D eigenvalue weighted by molar-refractivity contribution is 0.628. The first-order valence-electron chi connectivity index (χ1n) is 5.90. The Morgan fingerprint density at radius 3 is 2.63 bits per heavy atom. The van der Waals surface area contributed by atoms with E-state index in [-0.39, 0.29) is 5.82 Å². The molecule has 0 radical (unpaired) electrons. The number of hydrogen-bond acceptors (Lipinski definition) is 3. The van der Waals surface area contributed by atoms with Gasteiger partial charge < -0.3 is 4.90 Å². The molecule has 2 aromatic rings. The Labute approximate surface area is 111 Å². The van der Waals surface area contributed by atoms with Gasteiger partial charge in [0.1, 0.15) is 11.9 Å². The predicted molar refractivity (Wildman–Crippen MR) is 72.9 cm³/mol. The Hall–Kier alpha value is -2.41. The number of aromatic nitrogens is 1. The van der Waals surface area contributed by atoms with Gasteiger partial charge in [-0.2, -0.15) is 5.26 Å². The topological polar surface area (TPSA) is 39.9 Å². The SMILES string of the molecule is Cc1cc(C)c(C#N)c(N(C)c2cccc(F)c2)n1. The van der Waals surface area contributed by atoms with E-state index in [4.69, 9.17) is 0 Å². The fourth-order valence-corrected chi connectivity index (χ4v) is 2.00. The van der Waals surface area contributed by atoms with Crippen molar-refractivity contribution in [3.8, 4) is 6.07 Å². The van der Waals surface area contributed by atoms with E-state index < -0.39 is 0 Å². The molecule has 4 heteroatoms. The van der Waals surface area contributed by atoms with E-state index in [9.17, 15) is 9.65 Å². The average molecular weight is 255 g/mol. The minimum atomic E-state index is -0.313. The van der Waals surface area contributed by atoms with Gasteiger partial charge in [-0.25, -0.2) is 9.37 Å². The smallest absolute Gasteiger partial charge is 0.151 e. The molecule has 0 unspecified atom stereocenters. The zero-order valence-corrected chi connectivity index (χ0v) is 11.1. The zero-order chi connectivity index (χ0) is 14.0. The molecule has 1 heterocycles. The van der Waals surface area contributed by atoms with Crippen molar-refractivity contribution in [3.05, 3.63) is 53.0 Å². The van der Waals surface area contributed by atoms with Crippen LogP contribution in [0.2, 0.25) is 0 Å². The van der Waals surface area contributed by atoms with Gasteiger partial charge in [0.25, 0.3) is 0 Å². The molecule has 0 aliphatic rings. The van der Waals surface area contributed by atoms with Gasteiger partial charge in [0.05, 0.1) is 5.56 Å². The van der Waals surface area contributed by atoms with E-state index in [1.54, 1.807) is 24.1 Å². The molecule has 0 spiro atoms. The van der Waals surface area contributed by atoms with Crippen molar-refractivity contribution in [2.75, 3.05) is 11.9 Å². The summed E-state index contributed by atoms with van der Waals surface area (Å²) in [4.78, 5) is 6.12. The highest BCUT2D eigenvalue weighted by molar-refractivity contribution is 5.67. The van der Waals surface area contributed by atoms with E-state index in [2.05, 4.69) is 11.1 Å². The van der Waals surface area contributed by atoms with E-state index in [1.807, 2.05) is 19.9 Å². The number of rotatable bonds is 2. The summed E-state index contributed by atoms with van der Waals surface area (Å²) in [5, 5.41) is 9.25. The molecule has 0 saturated carbocycles. The average Bonchev–Trinajstić information content (AvgIpc) is 2.37. The highest BCUT2D eigenvalue weighted by atomic mass is 19.1. The van der Waals surface area contributed by atoms with Crippen molar-refractivity contribution in [1.29, 1.82) is 5.26 Å². The van der Waals surface area contributed by atoms with E-state index in [1.165, 1.54) is 12.1 Å². The molecule has 0 atom stereocenters. The number of nitriles is 1. The zero-order valence-electron chi connectivity index (χ0n) is 11.1. The van der Waals surface area contributed by atoms with E-state index >= 15 is 0 Å². The Morgan fingerprint density at radius 1 is 1.26 bits per heavy atom. The van der Waals surface area contributed by atoms with Crippen LogP contribution in [0.25, 0.3) is 0 Å². The van der Waals surface area contributed by atoms with Crippen LogP contribution in [0.4, 0.5) is 15.9 Å². The van der Waals surface area contributed by atoms with Crippen molar-refractivity contribution in [2.45, 2.75) is 13.8 Å². The second-order valence-electron chi connectivity index (χ2n) is 4.43. The van der Waals surface area contributed by atoms with Gasteiger partial charge in [0.15, 0.2) is 5.82 Å². The maximum Gasteiger partial charge on any atom is 0.151 e. The molecule has 1 aromatic carbocycles. The predicted octanol–water partition coefficient (Wildman–Crippen LogP) is 3.48. The second-order valence-corrected chi connectivity index (χ2v) is 4.43. The number of anilines is 2. The monoisotopic (exact) mass is 255 g/mol. The minimum absolute atomic E-state index is 0.313. The molecule has 96 valence electrons. The standard InChI is InChI=1S/C15H14FN3/c1-10-7-11(2)18-15(14(10)9-17)19(3)13-6-4-5-12(16)8-13/h4-8H,1-3H3. The van der Waals surface area contributed by atoms with Gasteiger partial charge in [-0.15, -0.1) is 0 Å². The van der Waals surface area contributed by atoms with Gasteiger partial charge in [0, 0.05) is 18.4 Å². The number of benzene rings is 1. The summed E-state index contributed by atoms with van der Waals surface area (Å²) in [6.45, 7) is 3.74. The fraction of sp³-hybridized carbons (Fsp3) is 0.200. The lowest BCUT2D eigenvalue weighted by Crippen LogP contribution is -2.14. The summed E-state index contributed by atoms with van der Waals surface area (Å²) in [5.41, 5.74) is 2.87. The molecule has 0 aliphatic carbocycles. The summed E-state index contributed by atoms with van der Waals surface area (Å²) in [5.74, 6) is 0.234. The van der Waals surface area contributed by atoms with Crippen LogP contribution >= 0.6 is 0 Å². The summed E-state index contributed by atoms with van der Waals surface area (Å²) in [7, 11) is 1.77. The van der Waals surface area contributed by atoms with Gasteiger partial charge in [-0.05, 0) is 43.7 Å². The van der Waals surface area contributed by atoms with Gasteiger partial charge in [-0.1, -0.05) is 6.07 Å². The van der Waals surface area contributed by atoms with Crippen LogP contribution in [0.3, 0.4) is 0 Å². The molecular weight excluding hydrogens is 241 g/mol. The third kappa shape index (κ3) is 2.55. The molecule has 2 rings (SSSR count). The normalized spacial score (nSPS) is 10.1. The molecule has 0 aliphatic heterocycles. The molecule has 0 N–H and O–H groups in total. The van der Waals surface area contributed by atoms with Crippen molar-refractivity contribution in [3.63, 3.8) is 0 Å². The molecule has 0 fully saturated rings.